The summed E-state index contributed by atoms with van der Waals surface area (Å²) in [5.74, 6) is 1.14. The zero-order chi connectivity index (χ0) is 24.4. The number of nitrogens with zero attached hydrogens (tertiary/aromatic N) is 2. The summed E-state index contributed by atoms with van der Waals surface area (Å²) in [6.45, 7) is 3.73. The van der Waals surface area contributed by atoms with Crippen molar-refractivity contribution in [1.82, 2.24) is 26.2 Å². The van der Waals surface area contributed by atoms with Crippen LogP contribution in [0.3, 0.4) is 0 Å². The summed E-state index contributed by atoms with van der Waals surface area (Å²) in [5.41, 5.74) is 2.89. The van der Waals surface area contributed by atoms with Gasteiger partial charge < -0.3 is 30.9 Å². The summed E-state index contributed by atoms with van der Waals surface area (Å²) < 4.78 is 20.1. The van der Waals surface area contributed by atoms with Crippen LogP contribution in [0.2, 0.25) is 0 Å². The standard InChI is InChI=1S/C25H28ClFN6O2/c1-15-4-6-18(7-5-15)35-25(34)33-8-2-3-16(14-33)10-28-24-21(27)13-31-23(32-24)20-12-30-22-19(20)9-17(26)11-29-22/h4-7,9,11-12,16,22,28-30H,2-3,8,10,13-14H2,1H3,(H,31,32)/t16-,22+/m1/s1. The van der Waals surface area contributed by atoms with E-state index in [2.05, 4.69) is 26.3 Å². The Balaban J connectivity index is 1.19. The number of ether oxygens (including phenoxy) is 1. The number of piperidine rings is 1. The molecule has 184 valence electrons. The molecule has 1 fully saturated rings. The molecule has 0 unspecified atom stereocenters. The molecule has 0 radical (unpaired) electrons. The number of hydrogen-bond acceptors (Lipinski definition) is 7. The van der Waals surface area contributed by atoms with Gasteiger partial charge in [0.05, 0.1) is 11.6 Å². The van der Waals surface area contributed by atoms with E-state index in [1.807, 2.05) is 31.3 Å². The molecule has 1 saturated heterocycles. The first kappa shape index (κ1) is 23.3. The summed E-state index contributed by atoms with van der Waals surface area (Å²) >= 11 is 6.15. The van der Waals surface area contributed by atoms with Crippen LogP contribution in [0.5, 0.6) is 5.75 Å². The number of aryl methyl sites for hydroxylation is 1. The maximum atomic E-state index is 14.6. The monoisotopic (exact) mass is 498 g/mol. The number of carbonyl (C=O) groups excluding carboxylic acids is 1. The predicted molar refractivity (Wildman–Crippen MR) is 133 cm³/mol. The van der Waals surface area contributed by atoms with E-state index in [4.69, 9.17) is 16.3 Å². The van der Waals surface area contributed by atoms with Crippen LogP contribution in [0.15, 0.2) is 75.6 Å². The first-order valence-electron chi connectivity index (χ1n) is 11.7. The Bertz CT molecular complexity index is 1160. The van der Waals surface area contributed by atoms with Crippen molar-refractivity contribution < 1.29 is 13.9 Å². The highest BCUT2D eigenvalue weighted by Crippen LogP contribution is 2.27. The van der Waals surface area contributed by atoms with E-state index in [-0.39, 0.29) is 36.4 Å². The predicted octanol–water partition coefficient (Wildman–Crippen LogP) is 3.36. The van der Waals surface area contributed by atoms with Crippen molar-refractivity contribution in [3.63, 3.8) is 0 Å². The van der Waals surface area contributed by atoms with Crippen molar-refractivity contribution in [3.8, 4) is 5.75 Å². The van der Waals surface area contributed by atoms with Crippen LogP contribution in [0.25, 0.3) is 0 Å². The molecular weight excluding hydrogens is 471 g/mol. The molecule has 1 aromatic carbocycles. The molecule has 4 aliphatic rings. The minimum absolute atomic E-state index is 0.0487. The Morgan fingerprint density at radius 2 is 2.09 bits per heavy atom. The Morgan fingerprint density at radius 1 is 1.29 bits per heavy atom. The van der Waals surface area contributed by atoms with Gasteiger partial charge in [-0.25, -0.2) is 14.2 Å². The maximum absolute atomic E-state index is 14.6. The molecule has 0 spiro atoms. The van der Waals surface area contributed by atoms with Gasteiger partial charge in [0.15, 0.2) is 11.6 Å². The van der Waals surface area contributed by atoms with Gasteiger partial charge in [-0.3, -0.25) is 0 Å². The van der Waals surface area contributed by atoms with Gasteiger partial charge in [-0.15, -0.1) is 0 Å². The van der Waals surface area contributed by atoms with Gasteiger partial charge in [0.1, 0.15) is 17.8 Å². The summed E-state index contributed by atoms with van der Waals surface area (Å²) in [7, 11) is 0. The van der Waals surface area contributed by atoms with E-state index < -0.39 is 0 Å². The molecule has 0 saturated carbocycles. The molecule has 0 aliphatic carbocycles. The first-order valence-corrected chi connectivity index (χ1v) is 12.1. The number of amides is 1. The highest BCUT2D eigenvalue weighted by atomic mass is 35.5. The Kier molecular flexibility index (Phi) is 6.68. The lowest BCUT2D eigenvalue weighted by atomic mass is 9.98. The van der Waals surface area contributed by atoms with Crippen molar-refractivity contribution in [1.29, 1.82) is 0 Å². The number of likely N-dealkylation sites (tertiary alicyclic amines) is 1. The van der Waals surface area contributed by atoms with Crippen LogP contribution in [0.1, 0.15) is 18.4 Å². The average Bonchev–Trinajstić information content (AvgIpc) is 3.28. The third kappa shape index (κ3) is 5.30. The number of rotatable bonds is 5. The number of aliphatic imine (C=N–C) groups is 1. The van der Waals surface area contributed by atoms with E-state index in [1.165, 1.54) is 0 Å². The van der Waals surface area contributed by atoms with Crippen molar-refractivity contribution in [3.05, 3.63) is 76.1 Å². The summed E-state index contributed by atoms with van der Waals surface area (Å²) in [6, 6.07) is 7.40. The smallest absolute Gasteiger partial charge is 0.410 e. The van der Waals surface area contributed by atoms with Crippen LogP contribution in [-0.4, -0.2) is 49.2 Å². The SMILES string of the molecule is Cc1ccc(OC(=O)N2CCC[C@H](CNC3=C(F)CNC(C4=CN[C@@H]5NC=C(Cl)C=C45)=N3)C2)cc1. The summed E-state index contributed by atoms with van der Waals surface area (Å²) in [6.07, 6.45) is 6.80. The van der Waals surface area contributed by atoms with E-state index in [0.29, 0.717) is 36.3 Å². The minimum atomic E-state index is -0.358. The number of amidine groups is 1. The van der Waals surface area contributed by atoms with Crippen LogP contribution in [0, 0.1) is 12.8 Å². The molecule has 2 atom stereocenters. The fraction of sp³-hybridized carbons (Fsp3) is 0.360. The third-order valence-corrected chi connectivity index (χ3v) is 6.62. The van der Waals surface area contributed by atoms with Crippen molar-refractivity contribution in [2.24, 2.45) is 10.9 Å². The molecule has 0 aromatic heterocycles. The zero-order valence-electron chi connectivity index (χ0n) is 19.4. The lowest BCUT2D eigenvalue weighted by Crippen LogP contribution is -2.44. The largest absolute Gasteiger partial charge is 0.415 e. The average molecular weight is 499 g/mol. The summed E-state index contributed by atoms with van der Waals surface area (Å²) in [5, 5.41) is 13.2. The molecule has 1 amide bonds. The molecule has 5 rings (SSSR count). The Morgan fingerprint density at radius 3 is 2.91 bits per heavy atom. The summed E-state index contributed by atoms with van der Waals surface area (Å²) in [4.78, 5) is 18.9. The van der Waals surface area contributed by atoms with Gasteiger partial charge in [-0.05, 0) is 43.9 Å². The number of halogens is 2. The fourth-order valence-electron chi connectivity index (χ4n) is 4.51. The topological polar surface area (TPSA) is 90.0 Å². The number of nitrogens with one attached hydrogen (secondary N) is 4. The number of hydrogen-bond donors (Lipinski definition) is 4. The molecule has 10 heteroatoms. The van der Waals surface area contributed by atoms with Gasteiger partial charge >= 0.3 is 6.09 Å². The van der Waals surface area contributed by atoms with E-state index in [9.17, 15) is 9.18 Å². The van der Waals surface area contributed by atoms with Gasteiger partial charge in [0.2, 0.25) is 0 Å². The van der Waals surface area contributed by atoms with Crippen molar-refractivity contribution >= 4 is 23.5 Å². The quantitative estimate of drug-likeness (QED) is 0.498. The normalized spacial score (nSPS) is 23.6. The van der Waals surface area contributed by atoms with Crippen LogP contribution in [-0.2, 0) is 0 Å². The number of allylic oxidation sites excluding steroid dienone is 2. The highest BCUT2D eigenvalue weighted by molar-refractivity contribution is 6.31. The van der Waals surface area contributed by atoms with Crippen LogP contribution < -0.4 is 26.0 Å². The van der Waals surface area contributed by atoms with E-state index >= 15 is 0 Å². The van der Waals surface area contributed by atoms with E-state index in [1.54, 1.807) is 23.2 Å². The maximum Gasteiger partial charge on any atom is 0.415 e. The first-order chi connectivity index (χ1) is 17.0. The molecule has 0 bridgehead atoms. The Hall–Kier alpha value is -3.46. The van der Waals surface area contributed by atoms with Gasteiger partial charge in [0.25, 0.3) is 0 Å². The molecule has 8 nitrogen and oxygen atoms in total. The zero-order valence-corrected chi connectivity index (χ0v) is 20.2. The van der Waals surface area contributed by atoms with Gasteiger partial charge in [-0.1, -0.05) is 29.3 Å². The number of carbonyl (C=O) groups is 1. The number of dihydropyridines is 1. The highest BCUT2D eigenvalue weighted by Gasteiger charge is 2.30. The van der Waals surface area contributed by atoms with Crippen LogP contribution in [0.4, 0.5) is 9.18 Å². The lowest BCUT2D eigenvalue weighted by Gasteiger charge is -2.32. The third-order valence-electron chi connectivity index (χ3n) is 6.41. The van der Waals surface area contributed by atoms with E-state index in [0.717, 1.165) is 29.6 Å². The fourth-order valence-corrected chi connectivity index (χ4v) is 4.69. The van der Waals surface area contributed by atoms with Crippen molar-refractivity contribution in [2.45, 2.75) is 25.9 Å². The molecular formula is C25H28ClFN6O2. The Labute approximate surface area is 208 Å². The number of benzene rings is 1. The molecule has 1 aromatic rings. The second kappa shape index (κ2) is 10.0. The lowest BCUT2D eigenvalue weighted by molar-refractivity contribution is 0.126. The molecule has 4 aliphatic heterocycles. The number of fused-ring (bicyclic) bond motifs is 1. The minimum Gasteiger partial charge on any atom is -0.410 e. The molecule has 35 heavy (non-hydrogen) atoms. The molecule has 4 N–H and O–H groups in total. The second-order valence-corrected chi connectivity index (χ2v) is 9.47. The van der Waals surface area contributed by atoms with Crippen LogP contribution >= 0.6 is 11.6 Å². The van der Waals surface area contributed by atoms with Crippen molar-refractivity contribution in [2.75, 3.05) is 26.2 Å². The van der Waals surface area contributed by atoms with Gasteiger partial charge in [-0.2, -0.15) is 0 Å². The second-order valence-electron chi connectivity index (χ2n) is 9.04. The van der Waals surface area contributed by atoms with Gasteiger partial charge in [0, 0.05) is 43.2 Å². The molecule has 4 heterocycles.